The van der Waals surface area contributed by atoms with Gasteiger partial charge in [-0.25, -0.2) is 5.01 Å². The summed E-state index contributed by atoms with van der Waals surface area (Å²) in [6.45, 7) is 0.954. The highest BCUT2D eigenvalue weighted by Gasteiger charge is 2.35. The smallest absolute Gasteiger partial charge is 0.258 e. The van der Waals surface area contributed by atoms with E-state index < -0.39 is 22.6 Å². The molecule has 9 nitrogen and oxygen atoms in total. The van der Waals surface area contributed by atoms with Gasteiger partial charge in [-0.05, 0) is 18.6 Å². The fraction of sp³-hybridized carbons (Fsp3) is 0.333. The predicted octanol–water partition coefficient (Wildman–Crippen LogP) is 1.36. The van der Waals surface area contributed by atoms with Gasteiger partial charge in [0.15, 0.2) is 6.54 Å². The number of anilines is 1. The van der Waals surface area contributed by atoms with Gasteiger partial charge in [0.2, 0.25) is 0 Å². The summed E-state index contributed by atoms with van der Waals surface area (Å²) in [5, 5.41) is 24.3. The van der Waals surface area contributed by atoms with Crippen LogP contribution in [0.4, 0.5) is 5.69 Å². The van der Waals surface area contributed by atoms with Crippen LogP contribution in [0.5, 0.6) is 0 Å². The number of nitroso groups, excluding NO2 is 1. The Hall–Kier alpha value is -2.58. The molecule has 0 saturated heterocycles. The van der Waals surface area contributed by atoms with Gasteiger partial charge < -0.3 is 0 Å². The van der Waals surface area contributed by atoms with Gasteiger partial charge in [-0.15, -0.1) is 4.91 Å². The third kappa shape index (κ3) is 2.97. The molecule has 1 aromatic carbocycles. The van der Waals surface area contributed by atoms with Gasteiger partial charge in [-0.2, -0.15) is 0 Å². The SMILES string of the molecule is Cc1ccccc1N(CC([N+](=O)[O-])[N+](=O)[O-])N=O. The van der Waals surface area contributed by atoms with E-state index in [-0.39, 0.29) is 0 Å². The average molecular weight is 254 g/mol. The third-order valence-corrected chi connectivity index (χ3v) is 2.32. The van der Waals surface area contributed by atoms with E-state index in [0.717, 1.165) is 0 Å². The highest BCUT2D eigenvalue weighted by Crippen LogP contribution is 2.20. The lowest BCUT2D eigenvalue weighted by Crippen LogP contribution is -2.39. The number of benzene rings is 1. The molecule has 0 saturated carbocycles. The lowest BCUT2D eigenvalue weighted by atomic mass is 10.2. The Bertz CT molecular complexity index is 464. The van der Waals surface area contributed by atoms with Crippen LogP contribution in [-0.4, -0.2) is 22.6 Å². The maximum absolute atomic E-state index is 10.7. The van der Waals surface area contributed by atoms with Gasteiger partial charge in [0.25, 0.3) is 0 Å². The van der Waals surface area contributed by atoms with Crippen molar-refractivity contribution < 1.29 is 9.85 Å². The normalized spacial score (nSPS) is 10.1. The van der Waals surface area contributed by atoms with Crippen LogP contribution in [0.2, 0.25) is 0 Å². The fourth-order valence-electron chi connectivity index (χ4n) is 1.39. The maximum atomic E-state index is 10.7. The molecule has 0 unspecified atom stereocenters. The number of nitro groups is 2. The first-order chi connectivity index (χ1) is 8.47. The molecule has 0 spiro atoms. The Balaban J connectivity index is 2.98. The van der Waals surface area contributed by atoms with E-state index in [9.17, 15) is 25.1 Å². The average Bonchev–Trinajstić information content (AvgIpc) is 2.31. The highest BCUT2D eigenvalue weighted by molar-refractivity contribution is 5.52. The molecule has 0 aliphatic carbocycles. The lowest BCUT2D eigenvalue weighted by Gasteiger charge is -2.16. The first-order valence-electron chi connectivity index (χ1n) is 4.90. The fourth-order valence-corrected chi connectivity index (χ4v) is 1.39. The van der Waals surface area contributed by atoms with E-state index >= 15 is 0 Å². The summed E-state index contributed by atoms with van der Waals surface area (Å²) >= 11 is 0. The summed E-state index contributed by atoms with van der Waals surface area (Å²) in [5.41, 5.74) is 0.948. The van der Waals surface area contributed by atoms with E-state index in [1.807, 2.05) is 0 Å². The van der Waals surface area contributed by atoms with E-state index in [2.05, 4.69) is 5.29 Å². The van der Waals surface area contributed by atoms with Crippen molar-refractivity contribution in [3.05, 3.63) is 55.0 Å². The number of nitrogens with zero attached hydrogens (tertiary/aromatic N) is 4. The molecule has 0 heterocycles. The van der Waals surface area contributed by atoms with E-state index in [1.165, 1.54) is 6.07 Å². The zero-order valence-electron chi connectivity index (χ0n) is 9.42. The first-order valence-corrected chi connectivity index (χ1v) is 4.90. The quantitative estimate of drug-likeness (QED) is 0.327. The number of para-hydroxylation sites is 1. The molecule has 0 bridgehead atoms. The standard InChI is InChI=1S/C9H10N4O5/c1-7-4-2-3-5-8(7)11(10-14)6-9(12(15)16)13(17)18/h2-5,9H,6H2,1H3. The molecule has 1 rings (SSSR count). The van der Waals surface area contributed by atoms with Crippen LogP contribution in [-0.2, 0) is 0 Å². The van der Waals surface area contributed by atoms with Crippen molar-refractivity contribution in [2.75, 3.05) is 11.6 Å². The predicted molar refractivity (Wildman–Crippen MR) is 62.1 cm³/mol. The van der Waals surface area contributed by atoms with E-state index in [1.54, 1.807) is 25.1 Å². The van der Waals surface area contributed by atoms with Gasteiger partial charge >= 0.3 is 6.17 Å². The number of hydrogen-bond acceptors (Lipinski definition) is 6. The van der Waals surface area contributed by atoms with Gasteiger partial charge in [-0.1, -0.05) is 18.2 Å². The second-order valence-electron chi connectivity index (χ2n) is 3.50. The minimum Gasteiger partial charge on any atom is -0.258 e. The van der Waals surface area contributed by atoms with Gasteiger partial charge in [-0.3, -0.25) is 20.2 Å². The minimum absolute atomic E-state index is 0.307. The van der Waals surface area contributed by atoms with Gasteiger partial charge in [0.05, 0.1) is 20.8 Å². The molecule has 18 heavy (non-hydrogen) atoms. The van der Waals surface area contributed by atoms with Crippen molar-refractivity contribution in [3.63, 3.8) is 0 Å². The largest absolute Gasteiger partial charge is 0.469 e. The van der Waals surface area contributed by atoms with Crippen LogP contribution in [0.15, 0.2) is 29.6 Å². The molecule has 0 aliphatic rings. The van der Waals surface area contributed by atoms with Crippen LogP contribution in [0, 0.1) is 32.1 Å². The van der Waals surface area contributed by atoms with Crippen LogP contribution in [0.25, 0.3) is 0 Å². The van der Waals surface area contributed by atoms with Crippen molar-refractivity contribution >= 4 is 5.69 Å². The minimum atomic E-state index is -2.10. The molecule has 0 amide bonds. The van der Waals surface area contributed by atoms with Crippen molar-refractivity contribution in [2.24, 2.45) is 5.29 Å². The Labute approximate surface area is 101 Å². The van der Waals surface area contributed by atoms with Crippen LogP contribution >= 0.6 is 0 Å². The van der Waals surface area contributed by atoms with Crippen LogP contribution in [0.3, 0.4) is 0 Å². The number of hydrogen-bond donors (Lipinski definition) is 0. The lowest BCUT2D eigenvalue weighted by molar-refractivity contribution is -0.738. The highest BCUT2D eigenvalue weighted by atomic mass is 16.7. The van der Waals surface area contributed by atoms with Crippen LogP contribution < -0.4 is 5.01 Å². The monoisotopic (exact) mass is 254 g/mol. The molecule has 1 aromatic rings. The molecule has 0 aliphatic heterocycles. The summed E-state index contributed by atoms with van der Waals surface area (Å²) in [6.07, 6.45) is -2.10. The van der Waals surface area contributed by atoms with E-state index in [0.29, 0.717) is 16.3 Å². The summed E-state index contributed by atoms with van der Waals surface area (Å²) in [4.78, 5) is 29.6. The van der Waals surface area contributed by atoms with Crippen molar-refractivity contribution in [2.45, 2.75) is 13.1 Å². The number of aryl methyl sites for hydroxylation is 1. The molecule has 0 N–H and O–H groups in total. The Morgan fingerprint density at radius 1 is 1.28 bits per heavy atom. The third-order valence-electron chi connectivity index (χ3n) is 2.32. The summed E-state index contributed by atoms with van der Waals surface area (Å²) in [6, 6.07) is 6.49. The second-order valence-corrected chi connectivity index (χ2v) is 3.50. The molecule has 96 valence electrons. The van der Waals surface area contributed by atoms with Gasteiger partial charge in [0.1, 0.15) is 0 Å². The Morgan fingerprint density at radius 3 is 2.28 bits per heavy atom. The summed E-state index contributed by atoms with van der Waals surface area (Å²) in [5.74, 6) is 0. The molecule has 0 fully saturated rings. The molecule has 9 heteroatoms. The maximum Gasteiger partial charge on any atom is 0.469 e. The molecule has 0 atom stereocenters. The van der Waals surface area contributed by atoms with Crippen molar-refractivity contribution in [3.8, 4) is 0 Å². The summed E-state index contributed by atoms with van der Waals surface area (Å²) < 4.78 is 0. The number of rotatable bonds is 6. The zero-order chi connectivity index (χ0) is 13.7. The first kappa shape index (κ1) is 13.5. The molecular formula is C9H10N4O5. The molecular weight excluding hydrogens is 244 g/mol. The van der Waals surface area contributed by atoms with Crippen LogP contribution in [0.1, 0.15) is 5.56 Å². The molecule has 0 radical (unpaired) electrons. The zero-order valence-corrected chi connectivity index (χ0v) is 9.42. The topological polar surface area (TPSA) is 119 Å². The van der Waals surface area contributed by atoms with Gasteiger partial charge in [0, 0.05) is 0 Å². The Kier molecular flexibility index (Phi) is 4.24. The molecule has 0 aromatic heterocycles. The Morgan fingerprint density at radius 2 is 1.83 bits per heavy atom. The summed E-state index contributed by atoms with van der Waals surface area (Å²) in [7, 11) is 0. The van der Waals surface area contributed by atoms with E-state index in [4.69, 9.17) is 0 Å². The van der Waals surface area contributed by atoms with Crippen molar-refractivity contribution in [1.82, 2.24) is 0 Å². The van der Waals surface area contributed by atoms with Crippen molar-refractivity contribution in [1.29, 1.82) is 0 Å². The second kappa shape index (κ2) is 5.66.